The van der Waals surface area contributed by atoms with Gasteiger partial charge in [-0.15, -0.1) is 0 Å². The second-order valence-corrected chi connectivity index (χ2v) is 5.17. The lowest BCUT2D eigenvalue weighted by atomic mass is 10.1. The maximum Gasteiger partial charge on any atom is 0.251 e. The number of nitrogens with two attached hydrogens (primary N) is 1. The molecule has 1 aromatic carbocycles. The zero-order valence-corrected chi connectivity index (χ0v) is 12.3. The third-order valence-electron chi connectivity index (χ3n) is 3.41. The summed E-state index contributed by atoms with van der Waals surface area (Å²) >= 11 is 0. The molecule has 110 valence electrons. The van der Waals surface area contributed by atoms with Gasteiger partial charge in [0.15, 0.2) is 0 Å². The van der Waals surface area contributed by atoms with Crippen LogP contribution < -0.4 is 11.1 Å². The lowest BCUT2D eigenvalue weighted by molar-refractivity contribution is -0.128. The van der Waals surface area contributed by atoms with Gasteiger partial charge in [0.25, 0.3) is 5.91 Å². The van der Waals surface area contributed by atoms with Crippen LogP contribution in [0.5, 0.6) is 0 Å². The van der Waals surface area contributed by atoms with E-state index in [2.05, 4.69) is 17.2 Å². The normalized spacial score (nSPS) is 17.4. The van der Waals surface area contributed by atoms with Gasteiger partial charge in [0.05, 0.1) is 6.54 Å². The molecule has 0 aromatic heterocycles. The highest BCUT2D eigenvalue weighted by Gasteiger charge is 2.30. The summed E-state index contributed by atoms with van der Waals surface area (Å²) in [6.07, 6.45) is 0.646. The van der Waals surface area contributed by atoms with E-state index in [-0.39, 0.29) is 18.4 Å². The fourth-order valence-corrected chi connectivity index (χ4v) is 2.34. The molecule has 0 aliphatic carbocycles. The van der Waals surface area contributed by atoms with Crippen molar-refractivity contribution in [1.82, 2.24) is 10.2 Å². The van der Waals surface area contributed by atoms with Gasteiger partial charge in [-0.2, -0.15) is 0 Å². The van der Waals surface area contributed by atoms with Crippen LogP contribution in [0.4, 0.5) is 0 Å². The van der Waals surface area contributed by atoms with Crippen molar-refractivity contribution in [2.24, 2.45) is 5.73 Å². The molecule has 0 spiro atoms. The van der Waals surface area contributed by atoms with Gasteiger partial charge in [0.1, 0.15) is 6.04 Å². The van der Waals surface area contributed by atoms with Gasteiger partial charge in [0, 0.05) is 24.7 Å². The number of carbonyl (C=O) groups excluding carboxylic acids is 2. The predicted octanol–water partition coefficient (Wildman–Crippen LogP) is 0.266. The van der Waals surface area contributed by atoms with E-state index in [0.717, 1.165) is 11.1 Å². The summed E-state index contributed by atoms with van der Waals surface area (Å²) in [7, 11) is 1.74. The highest BCUT2D eigenvalue weighted by atomic mass is 16.2. The van der Waals surface area contributed by atoms with Gasteiger partial charge in [-0.25, -0.2) is 0 Å². The van der Waals surface area contributed by atoms with E-state index in [4.69, 9.17) is 5.73 Å². The molecule has 0 radical (unpaired) electrons. The average Bonchev–Trinajstić information content (AvgIpc) is 2.76. The topological polar surface area (TPSA) is 75.4 Å². The minimum absolute atomic E-state index is 0.0425. The van der Waals surface area contributed by atoms with Crippen molar-refractivity contribution >= 4 is 11.8 Å². The van der Waals surface area contributed by atoms with Crippen LogP contribution in [0.15, 0.2) is 18.2 Å². The van der Waals surface area contributed by atoms with E-state index in [1.54, 1.807) is 24.1 Å². The molecule has 5 nitrogen and oxygen atoms in total. The highest BCUT2D eigenvalue weighted by Crippen LogP contribution is 2.12. The second kappa shape index (κ2) is 6.42. The fraction of sp³-hybridized carbons (Fsp3) is 0.375. The van der Waals surface area contributed by atoms with E-state index >= 15 is 0 Å². The Labute approximate surface area is 124 Å². The number of nitrogens with one attached hydrogen (secondary N) is 1. The Morgan fingerprint density at radius 2 is 2.24 bits per heavy atom. The van der Waals surface area contributed by atoms with Crippen LogP contribution >= 0.6 is 0 Å². The zero-order valence-electron chi connectivity index (χ0n) is 12.3. The molecule has 1 heterocycles. The zero-order chi connectivity index (χ0) is 15.4. The van der Waals surface area contributed by atoms with Crippen LogP contribution in [-0.2, 0) is 4.79 Å². The molecule has 1 aliphatic heterocycles. The van der Waals surface area contributed by atoms with E-state index in [9.17, 15) is 9.59 Å². The molecular formula is C16H19N3O2. The summed E-state index contributed by atoms with van der Waals surface area (Å²) in [6.45, 7) is 2.85. The molecule has 1 aromatic rings. The van der Waals surface area contributed by atoms with Gasteiger partial charge >= 0.3 is 0 Å². The summed E-state index contributed by atoms with van der Waals surface area (Å²) in [5, 5.41) is 2.78. The van der Waals surface area contributed by atoms with Crippen molar-refractivity contribution in [1.29, 1.82) is 0 Å². The van der Waals surface area contributed by atoms with Crippen LogP contribution in [-0.4, -0.2) is 42.9 Å². The monoisotopic (exact) mass is 285 g/mol. The standard InChI is InChI=1S/C16H19N3O2/c1-11-8-12(4-3-6-17)10-13(9-11)15(20)18-14-5-7-19(2)16(14)21/h8-10,14H,5-7,17H2,1-2H3,(H,18,20). The van der Waals surface area contributed by atoms with E-state index in [0.29, 0.717) is 18.5 Å². The fourth-order valence-electron chi connectivity index (χ4n) is 2.34. The lowest BCUT2D eigenvalue weighted by Gasteiger charge is -2.12. The number of likely N-dealkylation sites (N-methyl/N-ethyl adjacent to an activating group) is 1. The van der Waals surface area contributed by atoms with Crippen molar-refractivity contribution in [3.8, 4) is 11.8 Å². The molecule has 21 heavy (non-hydrogen) atoms. The quantitative estimate of drug-likeness (QED) is 0.766. The predicted molar refractivity (Wildman–Crippen MR) is 80.6 cm³/mol. The maximum absolute atomic E-state index is 12.3. The summed E-state index contributed by atoms with van der Waals surface area (Å²) in [5.74, 6) is 5.40. The first-order valence-electron chi connectivity index (χ1n) is 6.87. The largest absolute Gasteiger partial charge is 0.344 e. The molecule has 2 amide bonds. The summed E-state index contributed by atoms with van der Waals surface area (Å²) in [6, 6.07) is 4.97. The van der Waals surface area contributed by atoms with Gasteiger partial charge < -0.3 is 16.0 Å². The number of hydrogen-bond donors (Lipinski definition) is 2. The Kier molecular flexibility index (Phi) is 4.61. The summed E-state index contributed by atoms with van der Waals surface area (Å²) in [5.41, 5.74) is 7.56. The molecule has 3 N–H and O–H groups in total. The smallest absolute Gasteiger partial charge is 0.251 e. The second-order valence-electron chi connectivity index (χ2n) is 5.17. The Bertz CT molecular complexity index is 628. The average molecular weight is 285 g/mol. The van der Waals surface area contributed by atoms with Gasteiger partial charge in [0.2, 0.25) is 5.91 Å². The minimum Gasteiger partial charge on any atom is -0.344 e. The number of benzene rings is 1. The molecule has 0 saturated carbocycles. The number of rotatable bonds is 2. The van der Waals surface area contributed by atoms with Crippen molar-refractivity contribution in [2.45, 2.75) is 19.4 Å². The first kappa shape index (κ1) is 15.1. The number of carbonyl (C=O) groups is 2. The molecule has 2 rings (SSSR count). The Morgan fingerprint density at radius 1 is 1.48 bits per heavy atom. The molecule has 1 saturated heterocycles. The molecule has 5 heteroatoms. The number of nitrogens with zero attached hydrogens (tertiary/aromatic N) is 1. The molecule has 1 fully saturated rings. The van der Waals surface area contributed by atoms with Gasteiger partial charge in [-0.05, 0) is 37.1 Å². The highest BCUT2D eigenvalue weighted by molar-refractivity contribution is 5.98. The third-order valence-corrected chi connectivity index (χ3v) is 3.41. The number of likely N-dealkylation sites (tertiary alicyclic amines) is 1. The van der Waals surface area contributed by atoms with E-state index < -0.39 is 6.04 Å². The maximum atomic E-state index is 12.3. The molecule has 1 atom stereocenters. The molecule has 1 unspecified atom stereocenters. The van der Waals surface area contributed by atoms with Gasteiger partial charge in [-0.3, -0.25) is 9.59 Å². The van der Waals surface area contributed by atoms with Crippen molar-refractivity contribution in [2.75, 3.05) is 20.1 Å². The molecule has 0 bridgehead atoms. The summed E-state index contributed by atoms with van der Waals surface area (Å²) < 4.78 is 0. The first-order valence-corrected chi connectivity index (χ1v) is 6.87. The van der Waals surface area contributed by atoms with E-state index in [1.165, 1.54) is 0 Å². The molecular weight excluding hydrogens is 266 g/mol. The van der Waals surface area contributed by atoms with Crippen LogP contribution in [0, 0.1) is 18.8 Å². The minimum atomic E-state index is -0.429. The Hall–Kier alpha value is -2.32. The van der Waals surface area contributed by atoms with E-state index in [1.807, 2.05) is 13.0 Å². The van der Waals surface area contributed by atoms with Crippen LogP contribution in [0.25, 0.3) is 0 Å². The first-order chi connectivity index (χ1) is 10.0. The van der Waals surface area contributed by atoms with Crippen molar-refractivity contribution in [3.63, 3.8) is 0 Å². The number of aryl methyl sites for hydroxylation is 1. The SMILES string of the molecule is Cc1cc(C#CCN)cc(C(=O)NC2CCN(C)C2=O)c1. The van der Waals surface area contributed by atoms with Gasteiger partial charge in [-0.1, -0.05) is 11.8 Å². The van der Waals surface area contributed by atoms with Crippen molar-refractivity contribution in [3.05, 3.63) is 34.9 Å². The number of hydrogen-bond acceptors (Lipinski definition) is 3. The Balaban J connectivity index is 2.15. The summed E-state index contributed by atoms with van der Waals surface area (Å²) in [4.78, 5) is 25.7. The van der Waals surface area contributed by atoms with Crippen molar-refractivity contribution < 1.29 is 9.59 Å². The third kappa shape index (κ3) is 3.61. The van der Waals surface area contributed by atoms with Crippen LogP contribution in [0.2, 0.25) is 0 Å². The molecule has 1 aliphatic rings. The number of amides is 2. The Morgan fingerprint density at radius 3 is 2.86 bits per heavy atom. The van der Waals surface area contributed by atoms with Crippen LogP contribution in [0.3, 0.4) is 0 Å². The lowest BCUT2D eigenvalue weighted by Crippen LogP contribution is -2.40. The van der Waals surface area contributed by atoms with Crippen LogP contribution in [0.1, 0.15) is 27.9 Å².